The molecule has 28 heavy (non-hydrogen) atoms. The van der Waals surface area contributed by atoms with Gasteiger partial charge in [-0.1, -0.05) is 24.3 Å². The van der Waals surface area contributed by atoms with Crippen LogP contribution < -0.4 is 9.88 Å². The maximum Gasteiger partial charge on any atom is 0.213 e. The average Bonchev–Trinajstić information content (AvgIpc) is 3.05. The van der Waals surface area contributed by atoms with Crippen LogP contribution in [0.4, 0.5) is 0 Å². The molecule has 2 atom stereocenters. The fourth-order valence-electron chi connectivity index (χ4n) is 3.36. The molecule has 2 aromatic carbocycles. The number of ether oxygens (including phenoxy) is 1. The molecule has 4 rings (SSSR count). The lowest BCUT2D eigenvalue weighted by molar-refractivity contribution is 0.246. The molecule has 146 valence electrons. The first kappa shape index (κ1) is 19.9. The summed E-state index contributed by atoms with van der Waals surface area (Å²) in [6, 6.07) is 14.9. The molecule has 0 radical (unpaired) electrons. The molecular weight excluding hydrogens is 482 g/mol. The third-order valence-corrected chi connectivity index (χ3v) is 7.79. The number of rotatable bonds is 4. The number of hydrogen-bond donors (Lipinski definition) is 1. The van der Waals surface area contributed by atoms with E-state index in [1.807, 2.05) is 42.5 Å². The van der Waals surface area contributed by atoms with Crippen LogP contribution in [0.5, 0.6) is 5.75 Å². The van der Waals surface area contributed by atoms with Crippen molar-refractivity contribution in [2.75, 3.05) is 6.26 Å². The number of sulfonamides is 1. The van der Waals surface area contributed by atoms with E-state index in [0.29, 0.717) is 16.2 Å². The van der Waals surface area contributed by atoms with Crippen LogP contribution in [-0.4, -0.2) is 19.2 Å². The second kappa shape index (κ2) is 7.47. The van der Waals surface area contributed by atoms with Gasteiger partial charge in [0.15, 0.2) is 11.0 Å². The summed E-state index contributed by atoms with van der Waals surface area (Å²) in [7, 11) is -3.66. The molecule has 0 bridgehead atoms. The van der Waals surface area contributed by atoms with Crippen molar-refractivity contribution in [3.05, 3.63) is 68.3 Å². The quantitative estimate of drug-likeness (QED) is 0.547. The van der Waals surface area contributed by atoms with Gasteiger partial charge in [0.1, 0.15) is 12.0 Å². The minimum absolute atomic E-state index is 0.255. The summed E-state index contributed by atoms with van der Waals surface area (Å²) in [5, 5.41) is 5.23. The van der Waals surface area contributed by atoms with Gasteiger partial charge in [0.25, 0.3) is 0 Å². The van der Waals surface area contributed by atoms with Gasteiger partial charge in [0, 0.05) is 5.56 Å². The Labute approximate surface area is 178 Å². The number of primary sulfonamides is 1. The molecule has 5 nitrogen and oxygen atoms in total. The summed E-state index contributed by atoms with van der Waals surface area (Å²) >= 11 is 3.83. The van der Waals surface area contributed by atoms with Crippen molar-refractivity contribution >= 4 is 48.5 Å². The lowest BCUT2D eigenvalue weighted by Crippen LogP contribution is -2.18. The summed E-state index contributed by atoms with van der Waals surface area (Å²) < 4.78 is 42.7. The van der Waals surface area contributed by atoms with Crippen molar-refractivity contribution < 1.29 is 17.7 Å². The van der Waals surface area contributed by atoms with Crippen molar-refractivity contribution in [2.24, 2.45) is 5.14 Å². The highest BCUT2D eigenvalue weighted by molar-refractivity contribution is 9.11. The zero-order chi connectivity index (χ0) is 20.1. The summed E-state index contributed by atoms with van der Waals surface area (Å²) in [5.74, 6) is 0.406. The minimum Gasteiger partial charge on any atom is -0.612 e. The van der Waals surface area contributed by atoms with Crippen LogP contribution in [0.25, 0.3) is 11.1 Å². The van der Waals surface area contributed by atoms with E-state index >= 15 is 0 Å². The van der Waals surface area contributed by atoms with E-state index in [4.69, 9.17) is 9.88 Å². The predicted molar refractivity (Wildman–Crippen MR) is 116 cm³/mol. The maximum atomic E-state index is 12.3. The van der Waals surface area contributed by atoms with Crippen LogP contribution in [-0.2, 0) is 27.0 Å². The smallest absolute Gasteiger partial charge is 0.213 e. The van der Waals surface area contributed by atoms with Crippen molar-refractivity contribution in [1.82, 2.24) is 0 Å². The minimum atomic E-state index is -3.66. The molecule has 0 saturated carbocycles. The summed E-state index contributed by atoms with van der Waals surface area (Å²) in [6.07, 6.45) is 1.24. The van der Waals surface area contributed by atoms with E-state index in [1.54, 1.807) is 23.7 Å². The molecule has 0 saturated heterocycles. The SMILES string of the molecule is C[S+]([O-])c1cccc2c1-c1ccc(CS(N)(=O)=O)cc1C(c1ccc(Br)s1)O2. The zero-order valence-electron chi connectivity index (χ0n) is 14.7. The Morgan fingerprint density at radius 3 is 2.68 bits per heavy atom. The molecule has 0 spiro atoms. The van der Waals surface area contributed by atoms with Crippen molar-refractivity contribution in [3.63, 3.8) is 0 Å². The van der Waals surface area contributed by atoms with Crippen LogP contribution in [0, 0.1) is 0 Å². The topological polar surface area (TPSA) is 92.5 Å². The monoisotopic (exact) mass is 497 g/mol. The van der Waals surface area contributed by atoms with Crippen molar-refractivity contribution in [3.8, 4) is 16.9 Å². The number of hydrogen-bond acceptors (Lipinski definition) is 5. The van der Waals surface area contributed by atoms with Crippen LogP contribution in [0.1, 0.15) is 22.1 Å². The average molecular weight is 498 g/mol. The number of benzene rings is 2. The summed E-state index contributed by atoms with van der Waals surface area (Å²) in [4.78, 5) is 1.67. The highest BCUT2D eigenvalue weighted by Crippen LogP contribution is 2.49. The Kier molecular flexibility index (Phi) is 5.32. The molecule has 2 N–H and O–H groups in total. The fourth-order valence-corrected chi connectivity index (χ4v) is 6.25. The van der Waals surface area contributed by atoms with E-state index in [0.717, 1.165) is 25.4 Å². The number of nitrogens with two attached hydrogens (primary N) is 1. The lowest BCUT2D eigenvalue weighted by Gasteiger charge is -2.29. The first-order chi connectivity index (χ1) is 13.2. The highest BCUT2D eigenvalue weighted by atomic mass is 79.9. The van der Waals surface area contributed by atoms with E-state index < -0.39 is 21.2 Å². The van der Waals surface area contributed by atoms with Gasteiger partial charge in [0.2, 0.25) is 10.0 Å². The van der Waals surface area contributed by atoms with Gasteiger partial charge >= 0.3 is 0 Å². The summed E-state index contributed by atoms with van der Waals surface area (Å²) in [6.45, 7) is 0. The van der Waals surface area contributed by atoms with Gasteiger partial charge < -0.3 is 9.29 Å². The third-order valence-electron chi connectivity index (χ3n) is 4.43. The Balaban J connectivity index is 1.94. The van der Waals surface area contributed by atoms with Crippen LogP contribution in [0.3, 0.4) is 0 Å². The van der Waals surface area contributed by atoms with Gasteiger partial charge in [-0.3, -0.25) is 0 Å². The molecular formula is C19H16BrNO4S3. The van der Waals surface area contributed by atoms with Crippen LogP contribution in [0.15, 0.2) is 57.2 Å². The largest absolute Gasteiger partial charge is 0.612 e. The predicted octanol–water partition coefficient (Wildman–Crippen LogP) is 4.19. The Bertz CT molecular complexity index is 1160. The van der Waals surface area contributed by atoms with Crippen LogP contribution >= 0.6 is 27.3 Å². The van der Waals surface area contributed by atoms with Crippen LogP contribution in [0.2, 0.25) is 0 Å². The second-order valence-corrected chi connectivity index (χ2v) is 11.9. The van der Waals surface area contributed by atoms with Gasteiger partial charge in [-0.15, -0.1) is 11.3 Å². The standard InChI is InChI=1S/C19H16BrNO4S3/c1-27(22)16-4-2-3-14-18(16)12-6-5-11(10-28(21,23)24)9-13(12)19(25-14)15-7-8-17(20)26-15/h2-9,19H,10H2,1H3,(H2,21,23,24). The Morgan fingerprint density at radius 1 is 1.25 bits per heavy atom. The molecule has 2 heterocycles. The normalized spacial score (nSPS) is 16.8. The highest BCUT2D eigenvalue weighted by Gasteiger charge is 2.32. The van der Waals surface area contributed by atoms with E-state index in [2.05, 4.69) is 15.9 Å². The Morgan fingerprint density at radius 2 is 2.04 bits per heavy atom. The third kappa shape index (κ3) is 3.87. The summed E-state index contributed by atoms with van der Waals surface area (Å²) in [5.41, 5.74) is 3.09. The molecule has 0 amide bonds. The van der Waals surface area contributed by atoms with Crippen molar-refractivity contribution in [2.45, 2.75) is 16.8 Å². The zero-order valence-corrected chi connectivity index (χ0v) is 18.8. The molecule has 1 aliphatic rings. The first-order valence-corrected chi connectivity index (χ1v) is 13.1. The molecule has 2 unspecified atom stereocenters. The molecule has 0 aliphatic carbocycles. The number of thiophene rings is 1. The van der Waals surface area contributed by atoms with Crippen molar-refractivity contribution in [1.29, 1.82) is 0 Å². The number of fused-ring (bicyclic) bond motifs is 3. The van der Waals surface area contributed by atoms with Gasteiger partial charge in [-0.05, 0) is 62.5 Å². The van der Waals surface area contributed by atoms with Gasteiger partial charge in [0.05, 0.1) is 20.0 Å². The van der Waals surface area contributed by atoms with Gasteiger partial charge in [-0.25, -0.2) is 13.6 Å². The van der Waals surface area contributed by atoms with Gasteiger partial charge in [-0.2, -0.15) is 0 Å². The Hall–Kier alpha value is -1.36. The first-order valence-electron chi connectivity index (χ1n) is 8.25. The fraction of sp³-hybridized carbons (Fsp3) is 0.158. The molecule has 1 aliphatic heterocycles. The maximum absolute atomic E-state index is 12.3. The lowest BCUT2D eigenvalue weighted by atomic mass is 9.91. The molecule has 9 heteroatoms. The van der Waals surface area contributed by atoms with E-state index in [-0.39, 0.29) is 11.9 Å². The molecule has 0 fully saturated rings. The molecule has 3 aromatic rings. The van der Waals surface area contributed by atoms with E-state index in [1.165, 1.54) is 0 Å². The molecule has 1 aromatic heterocycles. The number of halogens is 1. The van der Waals surface area contributed by atoms with E-state index in [9.17, 15) is 13.0 Å². The second-order valence-electron chi connectivity index (χ2n) is 6.45.